The van der Waals surface area contributed by atoms with Crippen molar-refractivity contribution < 1.29 is 23.5 Å². The van der Waals surface area contributed by atoms with Crippen molar-refractivity contribution in [2.24, 2.45) is 0 Å². The monoisotopic (exact) mass is 364 g/mol. The molecule has 8 heteroatoms. The van der Waals surface area contributed by atoms with Gasteiger partial charge in [0.05, 0.1) is 12.8 Å². The van der Waals surface area contributed by atoms with Gasteiger partial charge in [0.2, 0.25) is 0 Å². The van der Waals surface area contributed by atoms with Crippen molar-refractivity contribution in [2.75, 3.05) is 6.54 Å². The van der Waals surface area contributed by atoms with E-state index in [0.29, 0.717) is 16.3 Å². The van der Waals surface area contributed by atoms with Gasteiger partial charge in [-0.2, -0.15) is 0 Å². The van der Waals surface area contributed by atoms with Crippen molar-refractivity contribution in [1.82, 2.24) is 10.6 Å². The maximum Gasteiger partial charge on any atom is 0.326 e. The lowest BCUT2D eigenvalue weighted by Crippen LogP contribution is -2.38. The molecule has 0 aliphatic heterocycles. The Balaban J connectivity index is 1.72. The molecule has 1 aromatic heterocycles. The lowest BCUT2D eigenvalue weighted by atomic mass is 10.2. The van der Waals surface area contributed by atoms with Gasteiger partial charge in [-0.05, 0) is 43.3 Å². The van der Waals surface area contributed by atoms with E-state index in [-0.39, 0.29) is 13.1 Å². The molecule has 0 saturated heterocycles. The molecule has 0 saturated carbocycles. The molecule has 2 aromatic rings. The second kappa shape index (κ2) is 8.89. The predicted molar refractivity (Wildman–Crippen MR) is 89.9 cm³/mol. The number of amides is 2. The molecular weight excluding hydrogens is 348 g/mol. The third-order valence-electron chi connectivity index (χ3n) is 3.19. The van der Waals surface area contributed by atoms with E-state index >= 15 is 0 Å². The van der Waals surface area contributed by atoms with Crippen LogP contribution < -0.4 is 10.6 Å². The highest BCUT2D eigenvalue weighted by atomic mass is 35.5. The molecular formula is C17H17ClN2O5. The molecule has 7 nitrogen and oxygen atoms in total. The molecule has 25 heavy (non-hydrogen) atoms. The molecule has 132 valence electrons. The van der Waals surface area contributed by atoms with Crippen molar-refractivity contribution >= 4 is 29.4 Å². The van der Waals surface area contributed by atoms with E-state index in [9.17, 15) is 14.4 Å². The lowest BCUT2D eigenvalue weighted by Gasteiger charge is -2.13. The molecule has 0 unspecified atom stereocenters. The number of esters is 1. The minimum atomic E-state index is -0.991. The quantitative estimate of drug-likeness (QED) is 0.731. The van der Waals surface area contributed by atoms with E-state index in [2.05, 4.69) is 10.6 Å². The lowest BCUT2D eigenvalue weighted by molar-refractivity contribution is -0.153. The number of furan rings is 1. The Bertz CT molecular complexity index is 728. The topological polar surface area (TPSA) is 97.6 Å². The SMILES string of the molecule is C[C@@H](OC(=O)CNC(=O)c1ccc(Cl)cc1)C(=O)NCc1ccco1. The number of carbonyl (C=O) groups excluding carboxylic acids is 3. The summed E-state index contributed by atoms with van der Waals surface area (Å²) in [7, 11) is 0. The van der Waals surface area contributed by atoms with E-state index in [1.54, 1.807) is 24.3 Å². The van der Waals surface area contributed by atoms with Crippen molar-refractivity contribution in [3.8, 4) is 0 Å². The van der Waals surface area contributed by atoms with Crippen LogP contribution >= 0.6 is 11.6 Å². The molecule has 0 bridgehead atoms. The Hall–Kier alpha value is -2.80. The van der Waals surface area contributed by atoms with Crippen molar-refractivity contribution in [1.29, 1.82) is 0 Å². The van der Waals surface area contributed by atoms with E-state index in [0.717, 1.165) is 0 Å². The number of halogens is 1. The van der Waals surface area contributed by atoms with Crippen LogP contribution in [0, 0.1) is 0 Å². The standard InChI is InChI=1S/C17H17ClN2O5/c1-11(16(22)19-9-14-3-2-8-24-14)25-15(21)10-20-17(23)12-4-6-13(18)7-5-12/h2-8,11H,9-10H2,1H3,(H,19,22)(H,20,23)/t11-/m1/s1. The summed E-state index contributed by atoms with van der Waals surface area (Å²) < 4.78 is 10.1. The van der Waals surface area contributed by atoms with Gasteiger partial charge in [-0.1, -0.05) is 11.6 Å². The fraction of sp³-hybridized carbons (Fsp3) is 0.235. The third kappa shape index (κ3) is 5.96. The minimum absolute atomic E-state index is 0.195. The number of nitrogens with one attached hydrogen (secondary N) is 2. The van der Waals surface area contributed by atoms with Crippen LogP contribution in [-0.4, -0.2) is 30.4 Å². The first kappa shape index (κ1) is 18.5. The molecule has 1 heterocycles. The van der Waals surface area contributed by atoms with Crippen molar-refractivity contribution in [2.45, 2.75) is 19.6 Å². The first-order chi connectivity index (χ1) is 12.0. The summed E-state index contributed by atoms with van der Waals surface area (Å²) in [6.45, 7) is 1.29. The smallest absolute Gasteiger partial charge is 0.326 e. The highest BCUT2D eigenvalue weighted by molar-refractivity contribution is 6.30. The van der Waals surface area contributed by atoms with Gasteiger partial charge in [-0.3, -0.25) is 14.4 Å². The van der Waals surface area contributed by atoms with Gasteiger partial charge < -0.3 is 19.8 Å². The highest BCUT2D eigenvalue weighted by Crippen LogP contribution is 2.09. The first-order valence-electron chi connectivity index (χ1n) is 7.49. The maximum atomic E-state index is 11.9. The Morgan fingerprint density at radius 1 is 1.16 bits per heavy atom. The van der Waals surface area contributed by atoms with Crippen LogP contribution in [0.2, 0.25) is 5.02 Å². The molecule has 2 rings (SSSR count). The highest BCUT2D eigenvalue weighted by Gasteiger charge is 2.18. The van der Waals surface area contributed by atoms with Gasteiger partial charge in [0.1, 0.15) is 12.3 Å². The molecule has 0 aliphatic carbocycles. The van der Waals surface area contributed by atoms with Gasteiger partial charge in [0, 0.05) is 10.6 Å². The molecule has 1 aromatic carbocycles. The molecule has 1 atom stereocenters. The summed E-state index contributed by atoms with van der Waals surface area (Å²) >= 11 is 5.74. The van der Waals surface area contributed by atoms with Gasteiger partial charge in [0.25, 0.3) is 11.8 Å². The Labute approximate surface area is 149 Å². The molecule has 0 aliphatic rings. The zero-order chi connectivity index (χ0) is 18.2. The largest absolute Gasteiger partial charge is 0.467 e. The fourth-order valence-corrected chi connectivity index (χ4v) is 2.01. The average molecular weight is 365 g/mol. The summed E-state index contributed by atoms with van der Waals surface area (Å²) in [6, 6.07) is 9.62. The van der Waals surface area contributed by atoms with E-state index in [1.165, 1.54) is 25.3 Å². The van der Waals surface area contributed by atoms with Gasteiger partial charge in [-0.25, -0.2) is 0 Å². The number of ether oxygens (including phenoxy) is 1. The zero-order valence-corrected chi connectivity index (χ0v) is 14.2. The van der Waals surface area contributed by atoms with Crippen LogP contribution in [0.4, 0.5) is 0 Å². The molecule has 0 radical (unpaired) electrons. The summed E-state index contributed by atoms with van der Waals surface area (Å²) in [5, 5.41) is 5.49. The number of benzene rings is 1. The van der Waals surface area contributed by atoms with Gasteiger partial charge >= 0.3 is 5.97 Å². The van der Waals surface area contributed by atoms with Crippen LogP contribution in [0.1, 0.15) is 23.0 Å². The van der Waals surface area contributed by atoms with E-state index in [1.807, 2.05) is 0 Å². The average Bonchev–Trinajstić information content (AvgIpc) is 3.11. The Kier molecular flexibility index (Phi) is 6.59. The minimum Gasteiger partial charge on any atom is -0.467 e. The van der Waals surface area contributed by atoms with Gasteiger partial charge in [-0.15, -0.1) is 0 Å². The van der Waals surface area contributed by atoms with Gasteiger partial charge in [0.15, 0.2) is 6.10 Å². The third-order valence-corrected chi connectivity index (χ3v) is 3.45. The van der Waals surface area contributed by atoms with E-state index < -0.39 is 23.9 Å². The Morgan fingerprint density at radius 2 is 1.88 bits per heavy atom. The normalized spacial score (nSPS) is 11.4. The first-order valence-corrected chi connectivity index (χ1v) is 7.87. The summed E-state index contributed by atoms with van der Waals surface area (Å²) in [6.07, 6.45) is 0.504. The van der Waals surface area contributed by atoms with Crippen molar-refractivity contribution in [3.63, 3.8) is 0 Å². The van der Waals surface area contributed by atoms with E-state index in [4.69, 9.17) is 20.8 Å². The van der Waals surface area contributed by atoms with Crippen LogP contribution in [0.5, 0.6) is 0 Å². The molecule has 0 spiro atoms. The van der Waals surface area contributed by atoms with Crippen LogP contribution in [0.3, 0.4) is 0 Å². The fourth-order valence-electron chi connectivity index (χ4n) is 1.88. The summed E-state index contributed by atoms with van der Waals surface area (Å²) in [5.41, 5.74) is 0.362. The number of hydrogen-bond donors (Lipinski definition) is 2. The Morgan fingerprint density at radius 3 is 2.52 bits per heavy atom. The zero-order valence-electron chi connectivity index (χ0n) is 13.5. The van der Waals surface area contributed by atoms with Crippen LogP contribution in [-0.2, 0) is 20.9 Å². The molecule has 0 fully saturated rings. The second-order valence-corrected chi connectivity index (χ2v) is 5.56. The van der Waals surface area contributed by atoms with Crippen LogP contribution in [0.25, 0.3) is 0 Å². The molecule has 2 amide bonds. The summed E-state index contributed by atoms with van der Waals surface area (Å²) in [4.78, 5) is 35.4. The van der Waals surface area contributed by atoms with Crippen molar-refractivity contribution in [3.05, 3.63) is 59.0 Å². The predicted octanol–water partition coefficient (Wildman–Crippen LogP) is 1.91. The van der Waals surface area contributed by atoms with Crippen LogP contribution in [0.15, 0.2) is 47.1 Å². The maximum absolute atomic E-state index is 11.9. The number of rotatable bonds is 7. The number of hydrogen-bond acceptors (Lipinski definition) is 5. The summed E-state index contributed by atoms with van der Waals surface area (Å²) in [5.74, 6) is -1.04. The molecule has 2 N–H and O–H groups in total. The second-order valence-electron chi connectivity index (χ2n) is 5.12. The number of carbonyl (C=O) groups is 3.